The van der Waals surface area contributed by atoms with Gasteiger partial charge >= 0.3 is 0 Å². The summed E-state index contributed by atoms with van der Waals surface area (Å²) in [5.41, 5.74) is 2.41. The average Bonchev–Trinajstić information content (AvgIpc) is 2.82. The van der Waals surface area contributed by atoms with Crippen LogP contribution in [0.3, 0.4) is 0 Å². The van der Waals surface area contributed by atoms with Crippen LogP contribution in [0, 0.1) is 6.92 Å². The quantitative estimate of drug-likeness (QED) is 0.392. The molecule has 0 fully saturated rings. The molecule has 2 aromatic carbocycles. The Morgan fingerprint density at radius 2 is 1.63 bits per heavy atom. The van der Waals surface area contributed by atoms with E-state index in [0.29, 0.717) is 31.6 Å². The first kappa shape index (κ1) is 28.4. The molecule has 2 amide bonds. The molecule has 1 N–H and O–H groups in total. The molecular weight excluding hydrogens is 462 g/mol. The highest BCUT2D eigenvalue weighted by Crippen LogP contribution is 2.23. The van der Waals surface area contributed by atoms with E-state index in [1.807, 2.05) is 56.3 Å². The van der Waals surface area contributed by atoms with E-state index in [1.54, 1.807) is 17.0 Å². The molecule has 0 aliphatic rings. The highest BCUT2D eigenvalue weighted by molar-refractivity contribution is 7.92. The van der Waals surface area contributed by atoms with E-state index in [1.165, 1.54) is 10.6 Å². The van der Waals surface area contributed by atoms with Crippen molar-refractivity contribution in [2.45, 2.75) is 65.5 Å². The van der Waals surface area contributed by atoms with Crippen LogP contribution in [-0.4, -0.2) is 50.5 Å². The third-order valence-corrected chi connectivity index (χ3v) is 7.13. The highest BCUT2D eigenvalue weighted by atomic mass is 32.2. The molecule has 2 rings (SSSR count). The van der Waals surface area contributed by atoms with E-state index in [-0.39, 0.29) is 24.8 Å². The van der Waals surface area contributed by atoms with Gasteiger partial charge in [0.25, 0.3) is 0 Å². The Morgan fingerprint density at radius 1 is 0.971 bits per heavy atom. The molecule has 1 atom stereocenters. The maximum Gasteiger partial charge on any atom is 0.242 e. The zero-order valence-electron chi connectivity index (χ0n) is 21.4. The minimum absolute atomic E-state index is 0.142. The van der Waals surface area contributed by atoms with Gasteiger partial charge in [-0.05, 0) is 43.4 Å². The first-order valence-electron chi connectivity index (χ1n) is 12.3. The fourth-order valence-electron chi connectivity index (χ4n) is 4.03. The minimum atomic E-state index is -3.51. The number of rotatable bonds is 14. The van der Waals surface area contributed by atoms with Crippen molar-refractivity contribution in [1.29, 1.82) is 0 Å². The van der Waals surface area contributed by atoms with Crippen molar-refractivity contribution in [2.24, 2.45) is 0 Å². The third-order valence-electron chi connectivity index (χ3n) is 5.95. The summed E-state index contributed by atoms with van der Waals surface area (Å²) in [6, 6.07) is 16.3. The molecule has 2 aromatic rings. The first-order chi connectivity index (χ1) is 16.7. The summed E-state index contributed by atoms with van der Waals surface area (Å²) in [7, 11) is -3.51. The van der Waals surface area contributed by atoms with Crippen LogP contribution in [0.25, 0.3) is 0 Å². The summed E-state index contributed by atoms with van der Waals surface area (Å²) in [6.45, 7) is 6.92. The van der Waals surface area contributed by atoms with Gasteiger partial charge in [-0.1, -0.05) is 68.8 Å². The molecular formula is C27H39N3O4S. The fourth-order valence-corrected chi connectivity index (χ4v) is 5.05. The number of sulfonamides is 1. The number of benzene rings is 2. The fraction of sp³-hybridized carbons (Fsp3) is 0.481. The summed E-state index contributed by atoms with van der Waals surface area (Å²) >= 11 is 0. The maximum absolute atomic E-state index is 13.4. The lowest BCUT2D eigenvalue weighted by atomic mass is 10.1. The van der Waals surface area contributed by atoms with Crippen LogP contribution in [-0.2, 0) is 26.2 Å². The van der Waals surface area contributed by atoms with Crippen LogP contribution < -0.4 is 9.62 Å². The summed E-state index contributed by atoms with van der Waals surface area (Å²) in [5.74, 6) is -0.313. The smallest absolute Gasteiger partial charge is 0.242 e. The average molecular weight is 502 g/mol. The lowest BCUT2D eigenvalue weighted by Gasteiger charge is -2.31. The summed E-state index contributed by atoms with van der Waals surface area (Å²) in [6.07, 6.45) is 4.02. The number of hydrogen-bond donors (Lipinski definition) is 1. The molecule has 0 radical (unpaired) electrons. The largest absolute Gasteiger partial charge is 0.354 e. The number of unbranched alkanes of at least 4 members (excludes halogenated alkanes) is 1. The second-order valence-corrected chi connectivity index (χ2v) is 10.7. The van der Waals surface area contributed by atoms with Crippen LogP contribution in [0.5, 0.6) is 0 Å². The molecule has 0 unspecified atom stereocenters. The number of para-hydroxylation sites is 1. The van der Waals surface area contributed by atoms with Gasteiger partial charge in [-0.3, -0.25) is 13.9 Å². The van der Waals surface area contributed by atoms with E-state index in [2.05, 4.69) is 12.2 Å². The van der Waals surface area contributed by atoms with Gasteiger partial charge in [-0.15, -0.1) is 0 Å². The molecule has 0 saturated carbocycles. The molecule has 35 heavy (non-hydrogen) atoms. The van der Waals surface area contributed by atoms with Crippen LogP contribution in [0.15, 0.2) is 54.6 Å². The van der Waals surface area contributed by atoms with E-state index in [0.717, 1.165) is 24.0 Å². The summed E-state index contributed by atoms with van der Waals surface area (Å²) in [4.78, 5) is 28.0. The minimum Gasteiger partial charge on any atom is -0.354 e. The van der Waals surface area contributed by atoms with Crippen LogP contribution in [0.1, 0.15) is 57.1 Å². The van der Waals surface area contributed by atoms with Gasteiger partial charge in [0, 0.05) is 26.1 Å². The molecule has 0 heterocycles. The second kappa shape index (κ2) is 13.9. The number of nitrogens with zero attached hydrogens (tertiary/aromatic N) is 2. The third kappa shape index (κ3) is 8.69. The Labute approximate surface area is 210 Å². The zero-order valence-corrected chi connectivity index (χ0v) is 22.2. The molecule has 0 saturated heterocycles. The van der Waals surface area contributed by atoms with Gasteiger partial charge in [-0.25, -0.2) is 8.42 Å². The van der Waals surface area contributed by atoms with Crippen molar-refractivity contribution in [2.75, 3.05) is 23.7 Å². The van der Waals surface area contributed by atoms with Gasteiger partial charge in [-0.2, -0.15) is 0 Å². The number of nitrogens with one attached hydrogen (secondary N) is 1. The molecule has 8 heteroatoms. The Balaban J connectivity index is 2.17. The van der Waals surface area contributed by atoms with Crippen molar-refractivity contribution in [3.63, 3.8) is 0 Å². The standard InChI is InChI=1S/C27H39N3O4S/c1-5-7-19-28-27(32)24(6-2)29(21-23-15-9-8-10-16-23)26(31)18-13-20-30(35(4,33)34)25-17-12-11-14-22(25)3/h8-12,14-17,24H,5-7,13,18-21H2,1-4H3,(H,28,32)/t24-/m1/s1. The van der Waals surface area contributed by atoms with Gasteiger partial charge in [0.1, 0.15) is 6.04 Å². The normalized spacial score (nSPS) is 12.1. The molecule has 0 bridgehead atoms. The Bertz CT molecular complexity index is 1060. The lowest BCUT2D eigenvalue weighted by Crippen LogP contribution is -2.49. The number of anilines is 1. The van der Waals surface area contributed by atoms with Crippen molar-refractivity contribution in [3.05, 3.63) is 65.7 Å². The molecule has 7 nitrogen and oxygen atoms in total. The number of carbonyl (C=O) groups excluding carboxylic acids is 2. The van der Waals surface area contributed by atoms with Crippen molar-refractivity contribution >= 4 is 27.5 Å². The number of hydrogen-bond acceptors (Lipinski definition) is 4. The lowest BCUT2D eigenvalue weighted by molar-refractivity contribution is -0.141. The van der Waals surface area contributed by atoms with Gasteiger partial charge < -0.3 is 10.2 Å². The predicted octanol–water partition coefficient (Wildman–Crippen LogP) is 4.26. The SMILES string of the molecule is CCCCNC(=O)[C@@H](CC)N(Cc1ccccc1)C(=O)CCCN(c1ccccc1C)S(C)(=O)=O. The summed E-state index contributed by atoms with van der Waals surface area (Å²) in [5, 5.41) is 2.96. The number of carbonyl (C=O) groups is 2. The Kier molecular flexibility index (Phi) is 11.2. The first-order valence-corrected chi connectivity index (χ1v) is 14.2. The zero-order chi connectivity index (χ0) is 25.8. The molecule has 0 aromatic heterocycles. The van der Waals surface area contributed by atoms with Crippen molar-refractivity contribution < 1.29 is 18.0 Å². The molecule has 0 spiro atoms. The molecule has 192 valence electrons. The Hall–Kier alpha value is -2.87. The number of aryl methyl sites for hydroxylation is 1. The predicted molar refractivity (Wildman–Crippen MR) is 142 cm³/mol. The van der Waals surface area contributed by atoms with E-state index < -0.39 is 16.1 Å². The maximum atomic E-state index is 13.4. The van der Waals surface area contributed by atoms with Crippen molar-refractivity contribution in [1.82, 2.24) is 10.2 Å². The van der Waals surface area contributed by atoms with Gasteiger partial charge in [0.2, 0.25) is 21.8 Å². The van der Waals surface area contributed by atoms with E-state index in [9.17, 15) is 18.0 Å². The Morgan fingerprint density at radius 3 is 2.23 bits per heavy atom. The molecule has 0 aliphatic heterocycles. The van der Waals surface area contributed by atoms with Crippen LogP contribution >= 0.6 is 0 Å². The summed E-state index contributed by atoms with van der Waals surface area (Å²) < 4.78 is 26.3. The van der Waals surface area contributed by atoms with E-state index >= 15 is 0 Å². The highest BCUT2D eigenvalue weighted by Gasteiger charge is 2.28. The van der Waals surface area contributed by atoms with Crippen molar-refractivity contribution in [3.8, 4) is 0 Å². The van der Waals surface area contributed by atoms with Gasteiger partial charge in [0.05, 0.1) is 11.9 Å². The van der Waals surface area contributed by atoms with Gasteiger partial charge in [0.15, 0.2) is 0 Å². The topological polar surface area (TPSA) is 86.8 Å². The monoisotopic (exact) mass is 501 g/mol. The van der Waals surface area contributed by atoms with Crippen LogP contribution in [0.4, 0.5) is 5.69 Å². The molecule has 0 aliphatic carbocycles. The second-order valence-electron chi connectivity index (χ2n) is 8.80. The van der Waals surface area contributed by atoms with Crippen LogP contribution in [0.2, 0.25) is 0 Å². The van der Waals surface area contributed by atoms with E-state index in [4.69, 9.17) is 0 Å². The number of amides is 2.